The number of ketones is 1. The maximum atomic E-state index is 12.6. The number of Topliss-reactive ketones (excluding diaryl/α,β-unsaturated/α-hetero) is 1. The third-order valence-electron chi connectivity index (χ3n) is 5.99. The molecular weight excluding hydrogens is 356 g/mol. The van der Waals surface area contributed by atoms with Crippen molar-refractivity contribution in [3.8, 4) is 0 Å². The van der Waals surface area contributed by atoms with E-state index in [1.165, 1.54) is 32.1 Å². The quantitative estimate of drug-likeness (QED) is 0.582. The van der Waals surface area contributed by atoms with Crippen molar-refractivity contribution in [1.29, 1.82) is 0 Å². The van der Waals surface area contributed by atoms with Crippen molar-refractivity contribution in [3.05, 3.63) is 34.3 Å². The molecule has 1 aromatic carbocycles. The van der Waals surface area contributed by atoms with Gasteiger partial charge < -0.3 is 4.74 Å². The molecule has 4 heteroatoms. The molecular formula is C19H21BrO3. The molecule has 4 aliphatic carbocycles. The summed E-state index contributed by atoms with van der Waals surface area (Å²) in [4.78, 5) is 24.7. The van der Waals surface area contributed by atoms with E-state index >= 15 is 0 Å². The van der Waals surface area contributed by atoms with Crippen molar-refractivity contribution in [2.75, 3.05) is 6.61 Å². The Hall–Kier alpha value is -1.16. The van der Waals surface area contributed by atoms with E-state index in [0.29, 0.717) is 17.4 Å². The number of hydrogen-bond donors (Lipinski definition) is 0. The lowest BCUT2D eigenvalue weighted by atomic mass is 9.52. The van der Waals surface area contributed by atoms with Gasteiger partial charge in [-0.3, -0.25) is 9.59 Å². The molecule has 3 nitrogen and oxygen atoms in total. The van der Waals surface area contributed by atoms with Crippen LogP contribution in [-0.4, -0.2) is 18.4 Å². The summed E-state index contributed by atoms with van der Waals surface area (Å²) in [6.07, 6.45) is 6.12. The molecule has 0 N–H and O–H groups in total. The zero-order valence-electron chi connectivity index (χ0n) is 13.0. The topological polar surface area (TPSA) is 43.4 Å². The Morgan fingerprint density at radius 2 is 1.70 bits per heavy atom. The maximum absolute atomic E-state index is 12.6. The van der Waals surface area contributed by atoms with Crippen molar-refractivity contribution in [2.45, 2.75) is 32.1 Å². The van der Waals surface area contributed by atoms with Crippen LogP contribution in [0.3, 0.4) is 0 Å². The first-order valence-corrected chi connectivity index (χ1v) is 9.35. The van der Waals surface area contributed by atoms with Gasteiger partial charge in [-0.15, -0.1) is 0 Å². The SMILES string of the molecule is O=C(COC(=O)C1C2CC3CC(C2)CC1C3)c1cccc(Br)c1. The van der Waals surface area contributed by atoms with E-state index in [1.807, 2.05) is 12.1 Å². The lowest BCUT2D eigenvalue weighted by Gasteiger charge is -2.53. The van der Waals surface area contributed by atoms with Gasteiger partial charge in [-0.2, -0.15) is 0 Å². The molecule has 0 unspecified atom stereocenters. The summed E-state index contributed by atoms with van der Waals surface area (Å²) in [6, 6.07) is 7.21. The maximum Gasteiger partial charge on any atom is 0.309 e. The molecule has 0 aliphatic heterocycles. The van der Waals surface area contributed by atoms with E-state index in [0.717, 1.165) is 16.3 Å². The molecule has 4 fully saturated rings. The van der Waals surface area contributed by atoms with Crippen molar-refractivity contribution >= 4 is 27.7 Å². The van der Waals surface area contributed by atoms with Crippen LogP contribution in [0.1, 0.15) is 42.5 Å². The average molecular weight is 377 g/mol. The molecule has 0 amide bonds. The second-order valence-corrected chi connectivity index (χ2v) is 8.41. The van der Waals surface area contributed by atoms with E-state index in [4.69, 9.17) is 4.74 Å². The van der Waals surface area contributed by atoms with Crippen LogP contribution < -0.4 is 0 Å². The smallest absolute Gasteiger partial charge is 0.309 e. The van der Waals surface area contributed by atoms with Gasteiger partial charge in [0.2, 0.25) is 0 Å². The normalized spacial score (nSPS) is 34.4. The summed E-state index contributed by atoms with van der Waals surface area (Å²) in [5.74, 6) is 2.44. The molecule has 4 saturated carbocycles. The Bertz CT molecular complexity index is 611. The second kappa shape index (κ2) is 6.04. The fourth-order valence-electron chi connectivity index (χ4n) is 5.29. The zero-order valence-corrected chi connectivity index (χ0v) is 14.6. The number of hydrogen-bond acceptors (Lipinski definition) is 3. The molecule has 122 valence electrons. The minimum absolute atomic E-state index is 0.0399. The molecule has 0 aromatic heterocycles. The molecule has 0 radical (unpaired) electrons. The molecule has 0 saturated heterocycles. The molecule has 0 heterocycles. The second-order valence-electron chi connectivity index (χ2n) is 7.50. The minimum Gasteiger partial charge on any atom is -0.457 e. The van der Waals surface area contributed by atoms with E-state index in [1.54, 1.807) is 12.1 Å². The summed E-state index contributed by atoms with van der Waals surface area (Å²) in [7, 11) is 0. The number of ether oxygens (including phenoxy) is 1. The van der Waals surface area contributed by atoms with Gasteiger partial charge in [-0.25, -0.2) is 0 Å². The monoisotopic (exact) mass is 376 g/mol. The van der Waals surface area contributed by atoms with Crippen molar-refractivity contribution in [2.24, 2.45) is 29.6 Å². The summed E-state index contributed by atoms with van der Waals surface area (Å²) >= 11 is 3.36. The van der Waals surface area contributed by atoms with Crippen LogP contribution in [0.4, 0.5) is 0 Å². The van der Waals surface area contributed by atoms with Gasteiger partial charge in [-0.1, -0.05) is 28.1 Å². The van der Waals surface area contributed by atoms with Gasteiger partial charge in [0.25, 0.3) is 0 Å². The van der Waals surface area contributed by atoms with E-state index in [-0.39, 0.29) is 24.3 Å². The molecule has 4 bridgehead atoms. The summed E-state index contributed by atoms with van der Waals surface area (Å²) in [5.41, 5.74) is 0.581. The summed E-state index contributed by atoms with van der Waals surface area (Å²) < 4.78 is 6.28. The molecule has 1 aromatic rings. The van der Waals surface area contributed by atoms with Crippen LogP contribution in [0.15, 0.2) is 28.7 Å². The van der Waals surface area contributed by atoms with Crippen LogP contribution in [0.2, 0.25) is 0 Å². The average Bonchev–Trinajstić information content (AvgIpc) is 2.51. The number of halogens is 1. The fraction of sp³-hybridized carbons (Fsp3) is 0.579. The predicted molar refractivity (Wildman–Crippen MR) is 90.0 cm³/mol. The highest BCUT2D eigenvalue weighted by Gasteiger charge is 2.51. The first-order chi connectivity index (χ1) is 11.1. The first kappa shape index (κ1) is 15.4. The molecule has 0 spiro atoms. The highest BCUT2D eigenvalue weighted by Crippen LogP contribution is 2.56. The Kier molecular flexibility index (Phi) is 4.04. The van der Waals surface area contributed by atoms with Crippen LogP contribution in [0.25, 0.3) is 0 Å². The Balaban J connectivity index is 1.38. The van der Waals surface area contributed by atoms with Crippen molar-refractivity contribution < 1.29 is 14.3 Å². The Morgan fingerprint density at radius 1 is 1.04 bits per heavy atom. The van der Waals surface area contributed by atoms with Crippen LogP contribution in [-0.2, 0) is 9.53 Å². The Labute approximate surface area is 144 Å². The highest BCUT2D eigenvalue weighted by molar-refractivity contribution is 9.10. The molecule has 0 atom stereocenters. The number of esters is 1. The number of carbonyl (C=O) groups excluding carboxylic acids is 2. The zero-order chi connectivity index (χ0) is 16.0. The highest BCUT2D eigenvalue weighted by atomic mass is 79.9. The van der Waals surface area contributed by atoms with E-state index < -0.39 is 0 Å². The summed E-state index contributed by atoms with van der Waals surface area (Å²) in [6.45, 7) is -0.141. The standard InChI is InChI=1S/C19H21BrO3/c20-16-3-1-2-13(9-16)17(21)10-23-19(22)18-14-5-11-4-12(7-14)8-15(18)6-11/h1-3,9,11-12,14-15,18H,4-8,10H2. The van der Waals surface area contributed by atoms with Gasteiger partial charge in [0.1, 0.15) is 0 Å². The van der Waals surface area contributed by atoms with Gasteiger partial charge in [0.05, 0.1) is 5.92 Å². The van der Waals surface area contributed by atoms with Crippen LogP contribution >= 0.6 is 15.9 Å². The number of benzene rings is 1. The van der Waals surface area contributed by atoms with Crippen LogP contribution in [0.5, 0.6) is 0 Å². The van der Waals surface area contributed by atoms with Gasteiger partial charge in [0, 0.05) is 10.0 Å². The minimum atomic E-state index is -0.141. The van der Waals surface area contributed by atoms with Crippen molar-refractivity contribution in [3.63, 3.8) is 0 Å². The Morgan fingerprint density at radius 3 is 2.30 bits per heavy atom. The predicted octanol–water partition coefficient (Wildman–Crippen LogP) is 4.25. The number of rotatable bonds is 4. The van der Waals surface area contributed by atoms with E-state index in [2.05, 4.69) is 15.9 Å². The van der Waals surface area contributed by atoms with Gasteiger partial charge in [-0.05, 0) is 67.9 Å². The van der Waals surface area contributed by atoms with Crippen LogP contribution in [0, 0.1) is 29.6 Å². The van der Waals surface area contributed by atoms with Gasteiger partial charge >= 0.3 is 5.97 Å². The number of carbonyl (C=O) groups is 2. The van der Waals surface area contributed by atoms with Crippen molar-refractivity contribution in [1.82, 2.24) is 0 Å². The molecule has 4 aliphatic rings. The third kappa shape index (κ3) is 2.98. The molecule has 5 rings (SSSR count). The molecule has 23 heavy (non-hydrogen) atoms. The van der Waals surface area contributed by atoms with E-state index in [9.17, 15) is 9.59 Å². The third-order valence-corrected chi connectivity index (χ3v) is 6.48. The lowest BCUT2D eigenvalue weighted by molar-refractivity contribution is -0.161. The lowest BCUT2D eigenvalue weighted by Crippen LogP contribution is -2.48. The fourth-order valence-corrected chi connectivity index (χ4v) is 5.69. The summed E-state index contributed by atoms with van der Waals surface area (Å²) in [5, 5.41) is 0. The largest absolute Gasteiger partial charge is 0.457 e. The van der Waals surface area contributed by atoms with Gasteiger partial charge in [0.15, 0.2) is 12.4 Å². The first-order valence-electron chi connectivity index (χ1n) is 8.55.